The average Bonchev–Trinajstić information content (AvgIpc) is 2.97. The van der Waals surface area contributed by atoms with Gasteiger partial charge in [0.2, 0.25) is 0 Å². The quantitative estimate of drug-likeness (QED) is 0.754. The van der Waals surface area contributed by atoms with Crippen LogP contribution in [0.25, 0.3) is 0 Å². The highest BCUT2D eigenvalue weighted by molar-refractivity contribution is 7.07. The molecule has 0 aliphatic heterocycles. The first-order valence-corrected chi connectivity index (χ1v) is 9.30. The van der Waals surface area contributed by atoms with Crippen molar-refractivity contribution >= 4 is 11.3 Å². The van der Waals surface area contributed by atoms with Gasteiger partial charge in [-0.05, 0) is 50.0 Å². The Morgan fingerprint density at radius 1 is 1.35 bits per heavy atom. The van der Waals surface area contributed by atoms with Gasteiger partial charge in [-0.15, -0.1) is 11.3 Å². The van der Waals surface area contributed by atoms with Crippen LogP contribution in [0.2, 0.25) is 0 Å². The molecule has 1 heterocycles. The predicted molar refractivity (Wildman–Crippen MR) is 88.3 cm³/mol. The van der Waals surface area contributed by atoms with Gasteiger partial charge >= 0.3 is 0 Å². The van der Waals surface area contributed by atoms with Crippen LogP contribution in [-0.2, 0) is 6.42 Å². The third kappa shape index (κ3) is 4.56. The van der Waals surface area contributed by atoms with Crippen LogP contribution in [0.3, 0.4) is 0 Å². The molecule has 0 bridgehead atoms. The van der Waals surface area contributed by atoms with Crippen LogP contribution in [0, 0.1) is 11.3 Å². The molecule has 0 spiro atoms. The normalized spacial score (nSPS) is 26.8. The second kappa shape index (κ2) is 8.14. The summed E-state index contributed by atoms with van der Waals surface area (Å²) in [4.78, 5) is 4.52. The van der Waals surface area contributed by atoms with Gasteiger partial charge in [-0.2, -0.15) is 0 Å². The molecular weight excluding hydrogens is 264 g/mol. The predicted octanol–water partition coefficient (Wildman–Crippen LogP) is 4.66. The number of unbranched alkanes of at least 4 members (excludes halogenated alkanes) is 1. The van der Waals surface area contributed by atoms with E-state index in [0.717, 1.165) is 12.5 Å². The third-order valence-corrected chi connectivity index (χ3v) is 5.56. The van der Waals surface area contributed by atoms with E-state index < -0.39 is 0 Å². The van der Waals surface area contributed by atoms with Crippen molar-refractivity contribution < 1.29 is 0 Å². The molecule has 1 aromatic heterocycles. The van der Waals surface area contributed by atoms with E-state index in [9.17, 15) is 0 Å². The maximum Gasteiger partial charge on any atom is 0.0794 e. The Hall–Kier alpha value is -0.410. The van der Waals surface area contributed by atoms with E-state index >= 15 is 0 Å². The zero-order valence-corrected chi connectivity index (χ0v) is 14.0. The minimum Gasteiger partial charge on any atom is -0.316 e. The topological polar surface area (TPSA) is 24.9 Å². The number of rotatable bonds is 8. The molecule has 0 atom stereocenters. The van der Waals surface area contributed by atoms with Crippen LogP contribution in [-0.4, -0.2) is 18.1 Å². The lowest BCUT2D eigenvalue weighted by Gasteiger charge is -2.40. The molecule has 0 unspecified atom stereocenters. The van der Waals surface area contributed by atoms with Gasteiger partial charge in [-0.1, -0.05) is 33.1 Å². The zero-order valence-electron chi connectivity index (χ0n) is 13.2. The van der Waals surface area contributed by atoms with Crippen LogP contribution >= 0.6 is 11.3 Å². The minimum absolute atomic E-state index is 0.465. The van der Waals surface area contributed by atoms with Crippen molar-refractivity contribution in [2.45, 2.75) is 65.2 Å². The van der Waals surface area contributed by atoms with Crippen LogP contribution in [0.5, 0.6) is 0 Å². The molecular formula is C17H30N2S. The summed E-state index contributed by atoms with van der Waals surface area (Å²) in [6.45, 7) is 6.77. The lowest BCUT2D eigenvalue weighted by Crippen LogP contribution is -2.39. The minimum atomic E-state index is 0.465. The fourth-order valence-electron chi connectivity index (χ4n) is 3.59. The van der Waals surface area contributed by atoms with Gasteiger partial charge in [-0.25, -0.2) is 4.98 Å². The van der Waals surface area contributed by atoms with Crippen LogP contribution in [0.4, 0.5) is 0 Å². The summed E-state index contributed by atoms with van der Waals surface area (Å²) in [5, 5.41) is 5.84. The first kappa shape index (κ1) is 16.0. The standard InChI is InChI=1S/C17H30N2S/c1-3-5-6-15-7-9-17(10-8-15,13-18-4-2)11-16-12-20-14-19-16/h12,14-15,18H,3-11,13H2,1-2H3. The molecule has 1 N–H and O–H groups in total. The fraction of sp³-hybridized carbons (Fsp3) is 0.824. The van der Waals surface area contributed by atoms with Gasteiger partial charge in [-0.3, -0.25) is 0 Å². The molecule has 1 aliphatic rings. The van der Waals surface area contributed by atoms with E-state index in [4.69, 9.17) is 0 Å². The largest absolute Gasteiger partial charge is 0.316 e. The first-order valence-electron chi connectivity index (χ1n) is 8.36. The molecule has 1 fully saturated rings. The van der Waals surface area contributed by atoms with Crippen LogP contribution in [0.15, 0.2) is 10.9 Å². The summed E-state index contributed by atoms with van der Waals surface area (Å²) >= 11 is 1.73. The Morgan fingerprint density at radius 2 is 2.15 bits per heavy atom. The molecule has 114 valence electrons. The molecule has 2 nitrogen and oxygen atoms in total. The van der Waals surface area contributed by atoms with Crippen molar-refractivity contribution in [1.82, 2.24) is 10.3 Å². The van der Waals surface area contributed by atoms with Crippen molar-refractivity contribution in [3.63, 3.8) is 0 Å². The van der Waals surface area contributed by atoms with E-state index in [1.807, 2.05) is 5.51 Å². The highest BCUT2D eigenvalue weighted by atomic mass is 32.1. The number of aromatic nitrogens is 1. The van der Waals surface area contributed by atoms with E-state index in [1.54, 1.807) is 11.3 Å². The number of hydrogen-bond donors (Lipinski definition) is 1. The number of nitrogens with zero attached hydrogens (tertiary/aromatic N) is 1. The molecule has 0 saturated heterocycles. The zero-order chi connectivity index (χ0) is 14.3. The van der Waals surface area contributed by atoms with Crippen molar-refractivity contribution in [2.24, 2.45) is 11.3 Å². The van der Waals surface area contributed by atoms with Gasteiger partial charge in [0.15, 0.2) is 0 Å². The Bertz CT molecular complexity index is 353. The SMILES string of the molecule is CCCCC1CCC(CNCC)(Cc2cscn2)CC1. The summed E-state index contributed by atoms with van der Waals surface area (Å²) in [6.07, 6.45) is 11.0. The first-order chi connectivity index (χ1) is 9.78. The maximum atomic E-state index is 4.52. The second-order valence-corrected chi connectivity index (χ2v) is 7.24. The molecule has 3 heteroatoms. The summed E-state index contributed by atoms with van der Waals surface area (Å²) < 4.78 is 0. The Kier molecular flexibility index (Phi) is 6.50. The summed E-state index contributed by atoms with van der Waals surface area (Å²) in [5.41, 5.74) is 3.75. The average molecular weight is 295 g/mol. The molecule has 1 saturated carbocycles. The highest BCUT2D eigenvalue weighted by Gasteiger charge is 2.35. The van der Waals surface area contributed by atoms with Crippen LogP contribution < -0.4 is 5.32 Å². The van der Waals surface area contributed by atoms with Gasteiger partial charge in [0.1, 0.15) is 0 Å². The van der Waals surface area contributed by atoms with E-state index in [2.05, 4.69) is 29.5 Å². The molecule has 0 amide bonds. The fourth-order valence-corrected chi connectivity index (χ4v) is 4.15. The monoisotopic (exact) mass is 294 g/mol. The summed E-state index contributed by atoms with van der Waals surface area (Å²) in [5.74, 6) is 0.986. The van der Waals surface area contributed by atoms with Gasteiger partial charge in [0.05, 0.1) is 11.2 Å². The molecule has 0 radical (unpaired) electrons. The lowest BCUT2D eigenvalue weighted by atomic mass is 9.67. The number of thiazole rings is 1. The Labute approximate surface area is 128 Å². The number of nitrogens with one attached hydrogen (secondary N) is 1. The van der Waals surface area contributed by atoms with Gasteiger partial charge in [0, 0.05) is 11.9 Å². The smallest absolute Gasteiger partial charge is 0.0794 e. The van der Waals surface area contributed by atoms with Crippen molar-refractivity contribution in [3.05, 3.63) is 16.6 Å². The lowest BCUT2D eigenvalue weighted by molar-refractivity contribution is 0.138. The third-order valence-electron chi connectivity index (χ3n) is 4.92. The van der Waals surface area contributed by atoms with Gasteiger partial charge in [0.25, 0.3) is 0 Å². The van der Waals surface area contributed by atoms with Crippen molar-refractivity contribution in [1.29, 1.82) is 0 Å². The highest BCUT2D eigenvalue weighted by Crippen LogP contribution is 2.42. The molecule has 20 heavy (non-hydrogen) atoms. The molecule has 1 aromatic rings. The Morgan fingerprint density at radius 3 is 2.75 bits per heavy atom. The molecule has 0 aromatic carbocycles. The van der Waals surface area contributed by atoms with Crippen molar-refractivity contribution in [3.8, 4) is 0 Å². The second-order valence-electron chi connectivity index (χ2n) is 6.52. The van der Waals surface area contributed by atoms with E-state index in [-0.39, 0.29) is 0 Å². The number of hydrogen-bond acceptors (Lipinski definition) is 3. The maximum absolute atomic E-state index is 4.52. The van der Waals surface area contributed by atoms with Crippen LogP contribution in [0.1, 0.15) is 64.5 Å². The summed E-state index contributed by atoms with van der Waals surface area (Å²) in [6, 6.07) is 0. The molecule has 2 rings (SSSR count). The van der Waals surface area contributed by atoms with E-state index in [1.165, 1.54) is 63.6 Å². The van der Waals surface area contributed by atoms with Gasteiger partial charge < -0.3 is 5.32 Å². The van der Waals surface area contributed by atoms with E-state index in [0.29, 0.717) is 5.41 Å². The van der Waals surface area contributed by atoms with Crippen molar-refractivity contribution in [2.75, 3.05) is 13.1 Å². The Balaban J connectivity index is 1.91. The summed E-state index contributed by atoms with van der Waals surface area (Å²) in [7, 11) is 0. The molecule has 1 aliphatic carbocycles.